The molecule has 1 heterocycles. The minimum Gasteiger partial charge on any atom is -0.481 e. The number of carbonyl (C=O) groups is 1. The molecule has 2 rings (SSSR count). The highest BCUT2D eigenvalue weighted by Crippen LogP contribution is 2.37. The molecular formula is C11H13NO2. The molecule has 1 aliphatic heterocycles. The van der Waals surface area contributed by atoms with Crippen molar-refractivity contribution >= 4 is 11.7 Å². The zero-order chi connectivity index (χ0) is 10.1. The Balaban J connectivity index is 2.30. The van der Waals surface area contributed by atoms with Gasteiger partial charge in [-0.1, -0.05) is 18.2 Å². The fraction of sp³-hybridized carbons (Fsp3) is 0.364. The molecule has 0 fully saturated rings. The number of anilines is 1. The van der Waals surface area contributed by atoms with Crippen molar-refractivity contribution in [1.29, 1.82) is 0 Å². The molecule has 74 valence electrons. The summed E-state index contributed by atoms with van der Waals surface area (Å²) in [6, 6.07) is 8.12. The van der Waals surface area contributed by atoms with Crippen molar-refractivity contribution in [3.8, 4) is 0 Å². The Labute approximate surface area is 82.8 Å². The minimum absolute atomic E-state index is 0.101. The van der Waals surface area contributed by atoms with Crippen LogP contribution in [0.1, 0.15) is 24.8 Å². The van der Waals surface area contributed by atoms with Crippen LogP contribution in [0.25, 0.3) is 0 Å². The first kappa shape index (κ1) is 9.06. The Hall–Kier alpha value is -1.51. The summed E-state index contributed by atoms with van der Waals surface area (Å²) in [5, 5.41) is 12.1. The Morgan fingerprint density at radius 2 is 2.21 bits per heavy atom. The Morgan fingerprint density at radius 1 is 1.50 bits per heavy atom. The predicted octanol–water partition coefficient (Wildman–Crippen LogP) is 2.06. The molecule has 1 aromatic carbocycles. The lowest BCUT2D eigenvalue weighted by Crippen LogP contribution is -2.18. The fourth-order valence-electron chi connectivity index (χ4n) is 2.04. The van der Waals surface area contributed by atoms with Gasteiger partial charge >= 0.3 is 5.97 Å². The van der Waals surface area contributed by atoms with Crippen molar-refractivity contribution in [3.63, 3.8) is 0 Å². The van der Waals surface area contributed by atoms with Crippen LogP contribution in [-0.4, -0.2) is 17.1 Å². The van der Waals surface area contributed by atoms with E-state index in [1.807, 2.05) is 31.2 Å². The van der Waals surface area contributed by atoms with Gasteiger partial charge in [-0.15, -0.1) is 0 Å². The molecule has 1 aromatic rings. The first-order valence-corrected chi connectivity index (χ1v) is 4.75. The SMILES string of the molecule is C[C@@H]1Nc2ccccc2[C@H]1CC(=O)O. The van der Waals surface area contributed by atoms with Gasteiger partial charge in [-0.05, 0) is 18.6 Å². The van der Waals surface area contributed by atoms with E-state index >= 15 is 0 Å². The highest BCUT2D eigenvalue weighted by Gasteiger charge is 2.29. The molecule has 14 heavy (non-hydrogen) atoms. The topological polar surface area (TPSA) is 49.3 Å². The zero-order valence-corrected chi connectivity index (χ0v) is 8.03. The summed E-state index contributed by atoms with van der Waals surface area (Å²) in [6.07, 6.45) is 0.200. The maximum absolute atomic E-state index is 10.7. The first-order chi connectivity index (χ1) is 6.68. The molecule has 3 nitrogen and oxygen atoms in total. The third-order valence-corrected chi connectivity index (χ3v) is 2.74. The summed E-state index contributed by atoms with van der Waals surface area (Å²) >= 11 is 0. The lowest BCUT2D eigenvalue weighted by molar-refractivity contribution is -0.137. The van der Waals surface area contributed by atoms with E-state index in [0.717, 1.165) is 11.3 Å². The molecule has 0 aromatic heterocycles. The number of nitrogens with one attached hydrogen (secondary N) is 1. The molecule has 0 aliphatic carbocycles. The molecule has 2 atom stereocenters. The summed E-state index contributed by atoms with van der Waals surface area (Å²) in [4.78, 5) is 10.7. The largest absolute Gasteiger partial charge is 0.481 e. The van der Waals surface area contributed by atoms with Crippen LogP contribution in [0, 0.1) is 0 Å². The highest BCUT2D eigenvalue weighted by atomic mass is 16.4. The van der Waals surface area contributed by atoms with E-state index in [1.165, 1.54) is 0 Å². The summed E-state index contributed by atoms with van der Waals surface area (Å²) in [5.41, 5.74) is 2.20. The van der Waals surface area contributed by atoms with Crippen LogP contribution in [0.15, 0.2) is 24.3 Å². The molecule has 0 spiro atoms. The van der Waals surface area contributed by atoms with Crippen LogP contribution >= 0.6 is 0 Å². The van der Waals surface area contributed by atoms with Crippen molar-refractivity contribution in [2.75, 3.05) is 5.32 Å². The van der Waals surface area contributed by atoms with Gasteiger partial charge in [0.2, 0.25) is 0 Å². The second-order valence-electron chi connectivity index (χ2n) is 3.72. The van der Waals surface area contributed by atoms with Crippen molar-refractivity contribution in [2.45, 2.75) is 25.3 Å². The Bertz CT molecular complexity index is 362. The van der Waals surface area contributed by atoms with Gasteiger partial charge in [-0.3, -0.25) is 4.79 Å². The normalized spacial score (nSPS) is 24.1. The van der Waals surface area contributed by atoms with E-state index < -0.39 is 5.97 Å². The third kappa shape index (κ3) is 1.45. The number of hydrogen-bond donors (Lipinski definition) is 2. The van der Waals surface area contributed by atoms with E-state index in [-0.39, 0.29) is 18.4 Å². The molecule has 0 unspecified atom stereocenters. The fourth-order valence-corrected chi connectivity index (χ4v) is 2.04. The number of para-hydroxylation sites is 1. The van der Waals surface area contributed by atoms with Crippen LogP contribution in [0.5, 0.6) is 0 Å². The molecular weight excluding hydrogens is 178 g/mol. The average Bonchev–Trinajstić information content (AvgIpc) is 2.43. The van der Waals surface area contributed by atoms with Crippen molar-refractivity contribution in [1.82, 2.24) is 0 Å². The van der Waals surface area contributed by atoms with Crippen molar-refractivity contribution < 1.29 is 9.90 Å². The van der Waals surface area contributed by atoms with E-state index in [4.69, 9.17) is 5.11 Å². The van der Waals surface area contributed by atoms with Gasteiger partial charge in [0.1, 0.15) is 0 Å². The maximum Gasteiger partial charge on any atom is 0.304 e. The highest BCUT2D eigenvalue weighted by molar-refractivity contribution is 5.71. The standard InChI is InChI=1S/C11H13NO2/c1-7-9(6-11(13)14)8-4-2-3-5-10(8)12-7/h2-5,7,9,12H,6H2,1H3,(H,13,14)/t7-,9-/m0/s1. The van der Waals surface area contributed by atoms with Crippen molar-refractivity contribution in [2.24, 2.45) is 0 Å². The summed E-state index contributed by atoms with van der Waals surface area (Å²) in [7, 11) is 0. The van der Waals surface area contributed by atoms with Gasteiger partial charge in [-0.2, -0.15) is 0 Å². The first-order valence-electron chi connectivity index (χ1n) is 4.75. The molecule has 0 bridgehead atoms. The van der Waals surface area contributed by atoms with E-state index in [0.29, 0.717) is 0 Å². The van der Waals surface area contributed by atoms with Crippen LogP contribution < -0.4 is 5.32 Å². The van der Waals surface area contributed by atoms with Crippen LogP contribution in [0.3, 0.4) is 0 Å². The van der Waals surface area contributed by atoms with Crippen LogP contribution in [-0.2, 0) is 4.79 Å². The monoisotopic (exact) mass is 191 g/mol. The molecule has 0 saturated carbocycles. The number of hydrogen-bond acceptors (Lipinski definition) is 2. The third-order valence-electron chi connectivity index (χ3n) is 2.74. The summed E-state index contributed by atoms with van der Waals surface area (Å²) < 4.78 is 0. The Morgan fingerprint density at radius 3 is 2.93 bits per heavy atom. The summed E-state index contributed by atoms with van der Waals surface area (Å²) in [5.74, 6) is -0.635. The quantitative estimate of drug-likeness (QED) is 0.752. The predicted molar refractivity (Wildman–Crippen MR) is 54.5 cm³/mol. The maximum atomic E-state index is 10.7. The van der Waals surface area contributed by atoms with E-state index in [1.54, 1.807) is 0 Å². The van der Waals surface area contributed by atoms with Gasteiger partial charge < -0.3 is 10.4 Å². The molecule has 3 heteroatoms. The van der Waals surface area contributed by atoms with Crippen LogP contribution in [0.2, 0.25) is 0 Å². The van der Waals surface area contributed by atoms with Crippen molar-refractivity contribution in [3.05, 3.63) is 29.8 Å². The van der Waals surface area contributed by atoms with Gasteiger partial charge in [0.25, 0.3) is 0 Å². The van der Waals surface area contributed by atoms with Gasteiger partial charge in [0, 0.05) is 17.6 Å². The summed E-state index contributed by atoms with van der Waals surface area (Å²) in [6.45, 7) is 2.02. The minimum atomic E-state index is -0.736. The number of rotatable bonds is 2. The smallest absolute Gasteiger partial charge is 0.304 e. The second-order valence-corrected chi connectivity index (χ2v) is 3.72. The van der Waals surface area contributed by atoms with Gasteiger partial charge in [0.15, 0.2) is 0 Å². The zero-order valence-electron chi connectivity index (χ0n) is 8.03. The number of aliphatic carboxylic acids is 1. The molecule has 1 aliphatic rings. The number of carboxylic acid groups (broad SMARTS) is 1. The molecule has 0 saturated heterocycles. The number of fused-ring (bicyclic) bond motifs is 1. The average molecular weight is 191 g/mol. The lowest BCUT2D eigenvalue weighted by Gasteiger charge is -2.13. The number of benzene rings is 1. The molecule has 0 amide bonds. The lowest BCUT2D eigenvalue weighted by atomic mass is 9.93. The number of carboxylic acids is 1. The molecule has 2 N–H and O–H groups in total. The van der Waals surface area contributed by atoms with Gasteiger partial charge in [-0.25, -0.2) is 0 Å². The Kier molecular flexibility index (Phi) is 2.15. The second kappa shape index (κ2) is 3.33. The van der Waals surface area contributed by atoms with Gasteiger partial charge in [0.05, 0.1) is 6.42 Å². The van der Waals surface area contributed by atoms with Crippen LogP contribution in [0.4, 0.5) is 5.69 Å². The van der Waals surface area contributed by atoms with E-state index in [2.05, 4.69) is 5.32 Å². The molecule has 0 radical (unpaired) electrons. The van der Waals surface area contributed by atoms with E-state index in [9.17, 15) is 4.79 Å².